The predicted octanol–water partition coefficient (Wildman–Crippen LogP) is 2.58. The van der Waals surface area contributed by atoms with Crippen molar-refractivity contribution in [3.63, 3.8) is 0 Å². The average Bonchev–Trinajstić information content (AvgIpc) is 3.11. The van der Waals surface area contributed by atoms with Crippen molar-refractivity contribution >= 4 is 5.97 Å². The van der Waals surface area contributed by atoms with Crippen LogP contribution in [-0.2, 0) is 9.53 Å². The fourth-order valence-corrected chi connectivity index (χ4v) is 3.98. The lowest BCUT2D eigenvalue weighted by Gasteiger charge is -2.22. The number of ether oxygens (including phenoxy) is 1. The number of carbonyl (C=O) groups excluding carboxylic acids is 1. The summed E-state index contributed by atoms with van der Waals surface area (Å²) in [7, 11) is 0. The van der Waals surface area contributed by atoms with Crippen LogP contribution in [0.1, 0.15) is 36.3 Å². The SMILES string of the molecule is N[C@@H]1CC[C@@](O)(C(=O)OCC2c3ccccc3-c3ccccc32)C1. The number of fused-ring (bicyclic) bond motifs is 3. The maximum Gasteiger partial charge on any atom is 0.338 e. The molecule has 2 aromatic rings. The van der Waals surface area contributed by atoms with E-state index < -0.39 is 11.6 Å². The van der Waals surface area contributed by atoms with Gasteiger partial charge in [-0.15, -0.1) is 0 Å². The van der Waals surface area contributed by atoms with Crippen LogP contribution in [-0.4, -0.2) is 29.3 Å². The van der Waals surface area contributed by atoms with Gasteiger partial charge in [0.2, 0.25) is 0 Å². The van der Waals surface area contributed by atoms with E-state index >= 15 is 0 Å². The monoisotopic (exact) mass is 323 g/mol. The number of aliphatic hydroxyl groups is 1. The fraction of sp³-hybridized carbons (Fsp3) is 0.350. The first-order valence-corrected chi connectivity index (χ1v) is 8.42. The number of nitrogens with two attached hydrogens (primary N) is 1. The lowest BCUT2D eigenvalue weighted by Crippen LogP contribution is -2.39. The summed E-state index contributed by atoms with van der Waals surface area (Å²) in [5, 5.41) is 10.4. The van der Waals surface area contributed by atoms with Gasteiger partial charge in [-0.1, -0.05) is 48.5 Å². The second-order valence-electron chi connectivity index (χ2n) is 6.86. The summed E-state index contributed by atoms with van der Waals surface area (Å²) in [6.07, 6.45) is 1.31. The van der Waals surface area contributed by atoms with Gasteiger partial charge in [0.05, 0.1) is 0 Å². The highest BCUT2D eigenvalue weighted by atomic mass is 16.5. The number of esters is 1. The average molecular weight is 323 g/mol. The van der Waals surface area contributed by atoms with Crippen LogP contribution in [0.25, 0.3) is 11.1 Å². The minimum Gasteiger partial charge on any atom is -0.463 e. The Morgan fingerprint density at radius 1 is 1.12 bits per heavy atom. The van der Waals surface area contributed by atoms with Crippen molar-refractivity contribution in [2.75, 3.05) is 6.61 Å². The van der Waals surface area contributed by atoms with Crippen LogP contribution in [0.5, 0.6) is 0 Å². The fourth-order valence-electron chi connectivity index (χ4n) is 3.98. The van der Waals surface area contributed by atoms with Crippen LogP contribution in [0.2, 0.25) is 0 Å². The number of hydrogen-bond acceptors (Lipinski definition) is 4. The Balaban J connectivity index is 1.56. The van der Waals surface area contributed by atoms with Crippen LogP contribution in [0.4, 0.5) is 0 Å². The largest absolute Gasteiger partial charge is 0.463 e. The Kier molecular flexibility index (Phi) is 3.66. The van der Waals surface area contributed by atoms with Crippen molar-refractivity contribution in [2.45, 2.75) is 36.8 Å². The Morgan fingerprint density at radius 3 is 2.25 bits per heavy atom. The molecule has 4 nitrogen and oxygen atoms in total. The van der Waals surface area contributed by atoms with E-state index in [0.29, 0.717) is 12.8 Å². The van der Waals surface area contributed by atoms with Gasteiger partial charge in [-0.3, -0.25) is 0 Å². The highest BCUT2D eigenvalue weighted by Gasteiger charge is 2.44. The maximum absolute atomic E-state index is 12.4. The molecule has 0 radical (unpaired) electrons. The molecule has 2 aliphatic rings. The molecule has 0 heterocycles. The molecule has 24 heavy (non-hydrogen) atoms. The molecular weight excluding hydrogens is 302 g/mol. The Hall–Kier alpha value is -2.17. The second kappa shape index (κ2) is 5.72. The zero-order valence-corrected chi connectivity index (χ0v) is 13.4. The third-order valence-electron chi connectivity index (χ3n) is 5.25. The minimum atomic E-state index is -1.42. The molecule has 1 saturated carbocycles. The first kappa shape index (κ1) is 15.4. The molecule has 0 bridgehead atoms. The molecule has 2 aliphatic carbocycles. The van der Waals surface area contributed by atoms with Crippen LogP contribution in [0, 0.1) is 0 Å². The van der Waals surface area contributed by atoms with E-state index in [9.17, 15) is 9.90 Å². The van der Waals surface area contributed by atoms with Crippen molar-refractivity contribution in [1.29, 1.82) is 0 Å². The van der Waals surface area contributed by atoms with Crippen LogP contribution in [0.15, 0.2) is 48.5 Å². The molecule has 3 N–H and O–H groups in total. The van der Waals surface area contributed by atoms with E-state index in [2.05, 4.69) is 24.3 Å². The zero-order valence-electron chi connectivity index (χ0n) is 13.4. The van der Waals surface area contributed by atoms with Crippen molar-refractivity contribution in [2.24, 2.45) is 5.73 Å². The van der Waals surface area contributed by atoms with Gasteiger partial charge < -0.3 is 15.6 Å². The van der Waals surface area contributed by atoms with E-state index in [1.165, 1.54) is 22.3 Å². The zero-order chi connectivity index (χ0) is 16.7. The normalized spacial score (nSPS) is 25.3. The maximum atomic E-state index is 12.4. The molecule has 0 unspecified atom stereocenters. The smallest absolute Gasteiger partial charge is 0.338 e. The molecule has 0 saturated heterocycles. The Morgan fingerprint density at radius 2 is 1.71 bits per heavy atom. The molecule has 0 spiro atoms. The summed E-state index contributed by atoms with van der Waals surface area (Å²) in [6.45, 7) is 0.240. The Bertz CT molecular complexity index is 742. The molecule has 0 aliphatic heterocycles. The summed E-state index contributed by atoms with van der Waals surface area (Å²) in [5.41, 5.74) is 9.12. The topological polar surface area (TPSA) is 72.5 Å². The van der Waals surface area contributed by atoms with E-state index in [4.69, 9.17) is 10.5 Å². The highest BCUT2D eigenvalue weighted by molar-refractivity contribution is 5.81. The molecule has 4 rings (SSSR count). The quantitative estimate of drug-likeness (QED) is 0.852. The van der Waals surface area contributed by atoms with Crippen LogP contribution in [0.3, 0.4) is 0 Å². The third kappa shape index (κ3) is 2.43. The molecule has 2 atom stereocenters. The van der Waals surface area contributed by atoms with E-state index in [1.807, 2.05) is 24.3 Å². The van der Waals surface area contributed by atoms with Crippen molar-refractivity contribution in [1.82, 2.24) is 0 Å². The number of benzene rings is 2. The summed E-state index contributed by atoms with van der Waals surface area (Å²) >= 11 is 0. The highest BCUT2D eigenvalue weighted by Crippen LogP contribution is 2.44. The molecule has 2 aromatic carbocycles. The molecule has 0 aromatic heterocycles. The van der Waals surface area contributed by atoms with Gasteiger partial charge in [-0.25, -0.2) is 4.79 Å². The summed E-state index contributed by atoms with van der Waals surface area (Å²) < 4.78 is 5.53. The second-order valence-corrected chi connectivity index (χ2v) is 6.86. The molecular formula is C20H21NO3. The predicted molar refractivity (Wildman–Crippen MR) is 91.5 cm³/mol. The number of carbonyl (C=O) groups is 1. The molecule has 124 valence electrons. The molecule has 0 amide bonds. The number of rotatable bonds is 3. The number of hydrogen-bond donors (Lipinski definition) is 2. The first-order chi connectivity index (χ1) is 11.6. The van der Waals surface area contributed by atoms with Gasteiger partial charge in [0.1, 0.15) is 6.61 Å². The van der Waals surface area contributed by atoms with Gasteiger partial charge in [-0.05, 0) is 35.1 Å². The summed E-state index contributed by atoms with van der Waals surface area (Å²) in [5.74, 6) is -0.530. The summed E-state index contributed by atoms with van der Waals surface area (Å²) in [6, 6.07) is 16.3. The molecule has 4 heteroatoms. The lowest BCUT2D eigenvalue weighted by molar-refractivity contribution is -0.165. The van der Waals surface area contributed by atoms with Gasteiger partial charge in [0, 0.05) is 18.4 Å². The third-order valence-corrected chi connectivity index (χ3v) is 5.25. The van der Waals surface area contributed by atoms with E-state index in [-0.39, 0.29) is 25.0 Å². The lowest BCUT2D eigenvalue weighted by atomic mass is 9.97. The minimum absolute atomic E-state index is 0.0139. The summed E-state index contributed by atoms with van der Waals surface area (Å²) in [4.78, 5) is 12.4. The Labute approximate surface area is 141 Å². The molecule has 1 fully saturated rings. The van der Waals surface area contributed by atoms with E-state index in [1.54, 1.807) is 0 Å². The van der Waals surface area contributed by atoms with Gasteiger partial charge in [0.15, 0.2) is 5.60 Å². The van der Waals surface area contributed by atoms with Gasteiger partial charge in [0.25, 0.3) is 0 Å². The van der Waals surface area contributed by atoms with Gasteiger partial charge in [-0.2, -0.15) is 0 Å². The van der Waals surface area contributed by atoms with Crippen LogP contribution < -0.4 is 5.73 Å². The first-order valence-electron chi connectivity index (χ1n) is 8.42. The van der Waals surface area contributed by atoms with Gasteiger partial charge >= 0.3 is 5.97 Å². The van der Waals surface area contributed by atoms with Crippen molar-refractivity contribution in [3.05, 3.63) is 59.7 Å². The van der Waals surface area contributed by atoms with Crippen molar-refractivity contribution in [3.8, 4) is 11.1 Å². The van der Waals surface area contributed by atoms with Crippen LogP contribution >= 0.6 is 0 Å². The standard InChI is InChI=1S/C20H21NO3/c21-13-9-10-20(23,11-13)19(22)24-12-18-16-7-3-1-5-14(16)15-6-2-4-8-17(15)18/h1-8,13,18,23H,9-12,21H2/t13-,20+/m1/s1. The van der Waals surface area contributed by atoms with E-state index in [0.717, 1.165) is 0 Å². The van der Waals surface area contributed by atoms with Crippen molar-refractivity contribution < 1.29 is 14.6 Å².